The molecule has 0 fully saturated rings. The zero-order chi connectivity index (χ0) is 14.6. The molecule has 1 aromatic rings. The second-order valence-corrected chi connectivity index (χ2v) is 3.37. The van der Waals surface area contributed by atoms with Crippen molar-refractivity contribution in [1.82, 2.24) is 4.98 Å². The maximum absolute atomic E-state index is 13.5. The largest absolute Gasteiger partial charge is 0.466 e. The molecule has 0 aliphatic carbocycles. The molecule has 1 rings (SSSR count). The molecule has 0 aliphatic heterocycles. The van der Waals surface area contributed by atoms with E-state index in [1.54, 1.807) is 0 Å². The molecule has 1 aromatic heterocycles. The highest BCUT2D eigenvalue weighted by Gasteiger charge is 2.29. The van der Waals surface area contributed by atoms with Crippen molar-refractivity contribution in [3.05, 3.63) is 33.3 Å². The van der Waals surface area contributed by atoms with Gasteiger partial charge in [-0.3, -0.25) is 4.79 Å². The van der Waals surface area contributed by atoms with Crippen molar-refractivity contribution >= 4 is 11.8 Å². The monoisotopic (exact) mass is 278 g/mol. The Morgan fingerprint density at radius 3 is 2.68 bits per heavy atom. The molecule has 0 aromatic carbocycles. The van der Waals surface area contributed by atoms with Gasteiger partial charge in [0.15, 0.2) is 0 Å². The van der Waals surface area contributed by atoms with Crippen LogP contribution in [0.4, 0.5) is 19.0 Å². The Kier molecular flexibility index (Phi) is 4.79. The minimum Gasteiger partial charge on any atom is -0.466 e. The molecule has 104 valence electrons. The van der Waals surface area contributed by atoms with Gasteiger partial charge in [0, 0.05) is 5.56 Å². The van der Waals surface area contributed by atoms with Gasteiger partial charge in [-0.2, -0.15) is 4.39 Å². The third kappa shape index (κ3) is 3.39. The van der Waals surface area contributed by atoms with E-state index in [1.165, 1.54) is 6.92 Å². The van der Waals surface area contributed by atoms with Crippen LogP contribution in [0.15, 0.2) is 6.20 Å². The van der Waals surface area contributed by atoms with Crippen LogP contribution in [0.2, 0.25) is 0 Å². The predicted molar refractivity (Wildman–Crippen MR) is 56.1 cm³/mol. The molecule has 0 radical (unpaired) electrons. The van der Waals surface area contributed by atoms with E-state index in [0.29, 0.717) is 6.20 Å². The fourth-order valence-corrected chi connectivity index (χ4v) is 1.40. The molecular formula is C10H9F3N2O4. The summed E-state index contributed by atoms with van der Waals surface area (Å²) in [5.74, 6) is -3.89. The first-order chi connectivity index (χ1) is 8.88. The van der Waals surface area contributed by atoms with Gasteiger partial charge in [-0.25, -0.2) is 8.78 Å². The second-order valence-electron chi connectivity index (χ2n) is 3.37. The topological polar surface area (TPSA) is 82.3 Å². The summed E-state index contributed by atoms with van der Waals surface area (Å²) in [4.78, 5) is 23.5. The number of rotatable bonds is 5. The van der Waals surface area contributed by atoms with E-state index < -0.39 is 46.5 Å². The van der Waals surface area contributed by atoms with E-state index in [4.69, 9.17) is 0 Å². The zero-order valence-electron chi connectivity index (χ0n) is 9.73. The van der Waals surface area contributed by atoms with Crippen LogP contribution in [0.3, 0.4) is 0 Å². The van der Waals surface area contributed by atoms with Gasteiger partial charge in [0.25, 0.3) is 6.43 Å². The minimum atomic E-state index is -3.30. The summed E-state index contributed by atoms with van der Waals surface area (Å²) >= 11 is 0. The number of hydrogen-bond acceptors (Lipinski definition) is 5. The van der Waals surface area contributed by atoms with E-state index >= 15 is 0 Å². The minimum absolute atomic E-state index is 0.0335. The molecular weight excluding hydrogens is 269 g/mol. The van der Waals surface area contributed by atoms with Gasteiger partial charge >= 0.3 is 11.8 Å². The van der Waals surface area contributed by atoms with Crippen LogP contribution >= 0.6 is 0 Å². The molecule has 0 aliphatic rings. The Balaban J connectivity index is 3.22. The molecule has 0 saturated heterocycles. The Labute approximate surface area is 105 Å². The fourth-order valence-electron chi connectivity index (χ4n) is 1.40. The lowest BCUT2D eigenvalue weighted by Gasteiger charge is -2.08. The summed E-state index contributed by atoms with van der Waals surface area (Å²) in [7, 11) is 0. The Hall–Kier alpha value is -2.19. The van der Waals surface area contributed by atoms with Crippen LogP contribution in [0.1, 0.15) is 24.5 Å². The second kappa shape index (κ2) is 6.12. The number of carbonyl (C=O) groups is 1. The average molecular weight is 278 g/mol. The molecule has 0 spiro atoms. The number of alkyl halides is 2. The zero-order valence-corrected chi connectivity index (χ0v) is 9.73. The van der Waals surface area contributed by atoms with E-state index in [-0.39, 0.29) is 6.61 Å². The normalized spacial score (nSPS) is 10.6. The van der Waals surface area contributed by atoms with Gasteiger partial charge in [-0.15, -0.1) is 0 Å². The highest BCUT2D eigenvalue weighted by Crippen LogP contribution is 2.30. The number of aromatic nitrogens is 1. The number of esters is 1. The molecule has 0 atom stereocenters. The third-order valence-electron chi connectivity index (χ3n) is 2.15. The van der Waals surface area contributed by atoms with E-state index in [0.717, 1.165) is 0 Å². The van der Waals surface area contributed by atoms with E-state index in [2.05, 4.69) is 9.72 Å². The standard InChI is InChI=1S/C10H9F3N2O4/c1-2-19-6(16)3-5-4-14-10(15(17)18)8(11)7(5)9(12)13/h4,9H,2-3H2,1H3. The summed E-state index contributed by atoms with van der Waals surface area (Å²) in [6, 6.07) is 0. The molecule has 19 heavy (non-hydrogen) atoms. The quantitative estimate of drug-likeness (QED) is 0.468. The number of pyridine rings is 1. The first-order valence-corrected chi connectivity index (χ1v) is 5.13. The average Bonchev–Trinajstić information content (AvgIpc) is 2.28. The molecule has 1 heterocycles. The first-order valence-electron chi connectivity index (χ1n) is 5.13. The Morgan fingerprint density at radius 1 is 1.58 bits per heavy atom. The van der Waals surface area contributed by atoms with Crippen molar-refractivity contribution in [3.63, 3.8) is 0 Å². The summed E-state index contributed by atoms with van der Waals surface area (Å²) in [5.41, 5.74) is -1.63. The van der Waals surface area contributed by atoms with Gasteiger partial charge in [-0.05, 0) is 16.8 Å². The molecule has 0 saturated carbocycles. The Bertz CT molecular complexity index is 508. The molecule has 0 bridgehead atoms. The van der Waals surface area contributed by atoms with Crippen LogP contribution in [-0.2, 0) is 16.0 Å². The lowest BCUT2D eigenvalue weighted by Crippen LogP contribution is -2.12. The van der Waals surface area contributed by atoms with Gasteiger partial charge < -0.3 is 14.9 Å². The fraction of sp³-hybridized carbons (Fsp3) is 0.400. The van der Waals surface area contributed by atoms with Gasteiger partial charge in [0.2, 0.25) is 5.82 Å². The summed E-state index contributed by atoms with van der Waals surface area (Å²) in [5, 5.41) is 10.4. The van der Waals surface area contributed by atoms with Crippen molar-refractivity contribution in [2.24, 2.45) is 0 Å². The maximum atomic E-state index is 13.5. The van der Waals surface area contributed by atoms with Crippen LogP contribution in [-0.4, -0.2) is 22.5 Å². The van der Waals surface area contributed by atoms with Gasteiger partial charge in [0.1, 0.15) is 6.20 Å². The number of nitro groups is 1. The number of ether oxygens (including phenoxy) is 1. The Morgan fingerprint density at radius 2 is 2.21 bits per heavy atom. The molecule has 9 heteroatoms. The van der Waals surface area contributed by atoms with Crippen LogP contribution in [0.25, 0.3) is 0 Å². The molecule has 0 unspecified atom stereocenters. The van der Waals surface area contributed by atoms with Crippen LogP contribution in [0.5, 0.6) is 0 Å². The van der Waals surface area contributed by atoms with Crippen LogP contribution < -0.4 is 0 Å². The van der Waals surface area contributed by atoms with Crippen molar-refractivity contribution in [3.8, 4) is 0 Å². The number of halogens is 3. The lowest BCUT2D eigenvalue weighted by molar-refractivity contribution is -0.392. The number of nitrogens with zero attached hydrogens (tertiary/aromatic N) is 2. The highest BCUT2D eigenvalue weighted by atomic mass is 19.3. The smallest absolute Gasteiger partial charge is 0.400 e. The number of carbonyl (C=O) groups excluding carboxylic acids is 1. The summed E-state index contributed by atoms with van der Waals surface area (Å²) in [6.07, 6.45) is -3.25. The number of hydrogen-bond donors (Lipinski definition) is 0. The van der Waals surface area contributed by atoms with Crippen LogP contribution in [0, 0.1) is 15.9 Å². The van der Waals surface area contributed by atoms with Gasteiger partial charge in [0.05, 0.1) is 18.6 Å². The van der Waals surface area contributed by atoms with Crippen molar-refractivity contribution in [2.75, 3.05) is 6.61 Å². The maximum Gasteiger partial charge on any atom is 0.400 e. The van der Waals surface area contributed by atoms with Crippen molar-refractivity contribution in [2.45, 2.75) is 19.8 Å². The molecule has 0 amide bonds. The van der Waals surface area contributed by atoms with E-state index in [1.807, 2.05) is 0 Å². The third-order valence-corrected chi connectivity index (χ3v) is 2.15. The first kappa shape index (κ1) is 14.9. The van der Waals surface area contributed by atoms with Crippen molar-refractivity contribution < 1.29 is 27.6 Å². The highest BCUT2D eigenvalue weighted by molar-refractivity contribution is 5.73. The SMILES string of the molecule is CCOC(=O)Cc1cnc([N+](=O)[O-])c(F)c1C(F)F. The lowest BCUT2D eigenvalue weighted by atomic mass is 10.1. The molecule has 6 nitrogen and oxygen atoms in total. The van der Waals surface area contributed by atoms with Crippen molar-refractivity contribution in [1.29, 1.82) is 0 Å². The molecule has 0 N–H and O–H groups in total. The summed E-state index contributed by atoms with van der Waals surface area (Å²) in [6.45, 7) is 1.55. The van der Waals surface area contributed by atoms with Gasteiger partial charge in [-0.1, -0.05) is 0 Å². The summed E-state index contributed by atoms with van der Waals surface area (Å²) < 4.78 is 43.5. The predicted octanol–water partition coefficient (Wildman–Crippen LogP) is 2.17. The van der Waals surface area contributed by atoms with E-state index in [9.17, 15) is 28.1 Å².